The lowest BCUT2D eigenvalue weighted by molar-refractivity contribution is 0.112. The minimum Gasteiger partial charge on any atom is -0.496 e. The molecule has 0 amide bonds. The van der Waals surface area contributed by atoms with Crippen LogP contribution in [0.1, 0.15) is 21.5 Å². The van der Waals surface area contributed by atoms with Gasteiger partial charge in [0.15, 0.2) is 0 Å². The third-order valence-corrected chi connectivity index (χ3v) is 7.88. The molecule has 0 aliphatic heterocycles. The normalized spacial score (nSPS) is 11.3. The van der Waals surface area contributed by atoms with Gasteiger partial charge < -0.3 is 9.64 Å². The van der Waals surface area contributed by atoms with Crippen LogP contribution in [-0.4, -0.2) is 6.29 Å². The van der Waals surface area contributed by atoms with Gasteiger partial charge in [-0.25, -0.2) is 0 Å². The van der Waals surface area contributed by atoms with E-state index >= 15 is 0 Å². The first-order valence-electron chi connectivity index (χ1n) is 14.4. The Kier molecular flexibility index (Phi) is 7.12. The largest absolute Gasteiger partial charge is 0.496 e. The van der Waals surface area contributed by atoms with Crippen LogP contribution in [0.3, 0.4) is 0 Å². The lowest BCUT2D eigenvalue weighted by atomic mass is 9.99. The quantitative estimate of drug-likeness (QED) is 0.106. The van der Waals surface area contributed by atoms with E-state index in [4.69, 9.17) is 4.74 Å². The van der Waals surface area contributed by atoms with Crippen LogP contribution in [0.15, 0.2) is 152 Å². The highest BCUT2D eigenvalue weighted by Gasteiger charge is 2.16. The standard InChI is InChI=1S/C40H29NO2/c42-27-33-24-30-10-4-5-11-31(30)25-34(33)28-43-23-22-29-18-20-36(21-19-29)41(35-13-2-1-3-14-35)40-26-32-12-6-7-15-37(32)38-16-8-9-17-39(38)40/h1-27H,28H2/b23-22-. The zero-order valence-corrected chi connectivity index (χ0v) is 23.6. The molecule has 0 spiro atoms. The third kappa shape index (κ3) is 5.25. The van der Waals surface area contributed by atoms with Crippen LogP contribution in [0.25, 0.3) is 38.4 Å². The van der Waals surface area contributed by atoms with Gasteiger partial charge in [0, 0.05) is 27.9 Å². The molecule has 0 radical (unpaired) electrons. The van der Waals surface area contributed by atoms with Gasteiger partial charge in [-0.2, -0.15) is 0 Å². The molecular formula is C40H29NO2. The van der Waals surface area contributed by atoms with Gasteiger partial charge in [0.1, 0.15) is 12.9 Å². The molecule has 7 aromatic rings. The molecule has 0 saturated heterocycles. The second-order valence-corrected chi connectivity index (χ2v) is 10.6. The maximum atomic E-state index is 11.7. The summed E-state index contributed by atoms with van der Waals surface area (Å²) in [6, 6.07) is 50.4. The first-order chi connectivity index (χ1) is 21.3. The highest BCUT2D eigenvalue weighted by molar-refractivity contribution is 6.14. The van der Waals surface area contributed by atoms with E-state index in [9.17, 15) is 4.79 Å². The monoisotopic (exact) mass is 555 g/mol. The van der Waals surface area contributed by atoms with E-state index in [0.717, 1.165) is 45.2 Å². The van der Waals surface area contributed by atoms with Crippen molar-refractivity contribution in [2.24, 2.45) is 0 Å². The highest BCUT2D eigenvalue weighted by Crippen LogP contribution is 2.41. The highest BCUT2D eigenvalue weighted by atomic mass is 16.5. The number of nitrogens with zero attached hydrogens (tertiary/aromatic N) is 1. The summed E-state index contributed by atoms with van der Waals surface area (Å²) in [5.41, 5.74) is 5.84. The van der Waals surface area contributed by atoms with Gasteiger partial charge in [0.2, 0.25) is 0 Å². The Balaban J connectivity index is 1.18. The van der Waals surface area contributed by atoms with Crippen molar-refractivity contribution >= 4 is 61.7 Å². The van der Waals surface area contributed by atoms with Crippen LogP contribution >= 0.6 is 0 Å². The second kappa shape index (κ2) is 11.7. The summed E-state index contributed by atoms with van der Waals surface area (Å²) in [5, 5.41) is 7.03. The lowest BCUT2D eigenvalue weighted by Crippen LogP contribution is -2.10. The molecule has 0 fully saturated rings. The number of hydrogen-bond acceptors (Lipinski definition) is 3. The Morgan fingerprint density at radius 3 is 1.91 bits per heavy atom. The molecule has 0 N–H and O–H groups in total. The molecule has 7 aromatic carbocycles. The summed E-state index contributed by atoms with van der Waals surface area (Å²) in [7, 11) is 0. The van der Waals surface area contributed by atoms with E-state index in [0.29, 0.717) is 12.2 Å². The molecule has 0 atom stereocenters. The van der Waals surface area contributed by atoms with Crippen molar-refractivity contribution in [2.45, 2.75) is 6.61 Å². The summed E-state index contributed by atoms with van der Waals surface area (Å²) in [5.74, 6) is 0. The fraction of sp³-hybridized carbons (Fsp3) is 0.0250. The molecule has 0 saturated carbocycles. The van der Waals surface area contributed by atoms with Crippen molar-refractivity contribution in [3.8, 4) is 0 Å². The Hall–Kier alpha value is -5.67. The number of rotatable bonds is 8. The maximum absolute atomic E-state index is 11.7. The minimum absolute atomic E-state index is 0.324. The SMILES string of the molecule is O=Cc1cc2ccccc2cc1CO/C=C\c1ccc(N(c2ccccc2)c2cc3ccccc3c3ccccc23)cc1. The molecule has 0 aliphatic carbocycles. The van der Waals surface area contributed by atoms with Crippen LogP contribution in [0, 0.1) is 0 Å². The van der Waals surface area contributed by atoms with Gasteiger partial charge >= 0.3 is 0 Å². The topological polar surface area (TPSA) is 29.5 Å². The number of para-hydroxylation sites is 1. The summed E-state index contributed by atoms with van der Waals surface area (Å²) >= 11 is 0. The summed E-state index contributed by atoms with van der Waals surface area (Å²) in [4.78, 5) is 14.0. The van der Waals surface area contributed by atoms with E-state index in [-0.39, 0.29) is 0 Å². The number of ether oxygens (including phenoxy) is 1. The average Bonchev–Trinajstić information content (AvgIpc) is 3.07. The molecule has 43 heavy (non-hydrogen) atoms. The lowest BCUT2D eigenvalue weighted by Gasteiger charge is -2.27. The van der Waals surface area contributed by atoms with Crippen molar-refractivity contribution in [3.63, 3.8) is 0 Å². The van der Waals surface area contributed by atoms with Crippen molar-refractivity contribution < 1.29 is 9.53 Å². The molecule has 3 heteroatoms. The first-order valence-corrected chi connectivity index (χ1v) is 14.4. The van der Waals surface area contributed by atoms with Crippen molar-refractivity contribution in [2.75, 3.05) is 4.90 Å². The fourth-order valence-electron chi connectivity index (χ4n) is 5.76. The first kappa shape index (κ1) is 26.2. The number of anilines is 3. The van der Waals surface area contributed by atoms with E-state index in [1.54, 1.807) is 6.26 Å². The van der Waals surface area contributed by atoms with Gasteiger partial charge in [0.05, 0.1) is 11.9 Å². The molecule has 0 aromatic heterocycles. The smallest absolute Gasteiger partial charge is 0.150 e. The van der Waals surface area contributed by atoms with E-state index in [1.807, 2.05) is 48.5 Å². The Bertz CT molecular complexity index is 2100. The minimum atomic E-state index is 0.324. The van der Waals surface area contributed by atoms with Crippen LogP contribution in [-0.2, 0) is 11.3 Å². The predicted octanol–water partition coefficient (Wildman–Crippen LogP) is 10.6. The third-order valence-electron chi connectivity index (χ3n) is 7.88. The average molecular weight is 556 g/mol. The number of carbonyl (C=O) groups excluding carboxylic acids is 1. The molecular weight excluding hydrogens is 526 g/mol. The van der Waals surface area contributed by atoms with E-state index < -0.39 is 0 Å². The van der Waals surface area contributed by atoms with E-state index in [2.05, 4.69) is 108 Å². The van der Waals surface area contributed by atoms with Gasteiger partial charge in [-0.05, 0) is 81.0 Å². The number of fused-ring (bicyclic) bond motifs is 4. The van der Waals surface area contributed by atoms with Crippen LogP contribution < -0.4 is 4.90 Å². The molecule has 0 heterocycles. The molecule has 0 bridgehead atoms. The van der Waals surface area contributed by atoms with Crippen LogP contribution in [0.2, 0.25) is 0 Å². The van der Waals surface area contributed by atoms with E-state index in [1.165, 1.54) is 21.5 Å². The number of benzene rings is 7. The van der Waals surface area contributed by atoms with Gasteiger partial charge in [-0.3, -0.25) is 4.79 Å². The Morgan fingerprint density at radius 1 is 0.558 bits per heavy atom. The van der Waals surface area contributed by atoms with Crippen molar-refractivity contribution in [3.05, 3.63) is 169 Å². The maximum Gasteiger partial charge on any atom is 0.150 e. The molecule has 3 nitrogen and oxygen atoms in total. The second-order valence-electron chi connectivity index (χ2n) is 10.6. The predicted molar refractivity (Wildman–Crippen MR) is 179 cm³/mol. The zero-order valence-electron chi connectivity index (χ0n) is 23.6. The molecule has 0 aliphatic rings. The fourth-order valence-corrected chi connectivity index (χ4v) is 5.76. The Morgan fingerprint density at radius 2 is 1.16 bits per heavy atom. The van der Waals surface area contributed by atoms with Crippen LogP contribution in [0.5, 0.6) is 0 Å². The number of aldehydes is 1. The zero-order chi connectivity index (χ0) is 29.0. The summed E-state index contributed by atoms with van der Waals surface area (Å²) in [6.07, 6.45) is 4.54. The molecule has 7 rings (SSSR count). The Labute approximate surface area is 250 Å². The number of carbonyl (C=O) groups is 1. The van der Waals surface area contributed by atoms with Gasteiger partial charge in [0.25, 0.3) is 0 Å². The van der Waals surface area contributed by atoms with Gasteiger partial charge in [-0.1, -0.05) is 103 Å². The van der Waals surface area contributed by atoms with Crippen molar-refractivity contribution in [1.29, 1.82) is 0 Å². The van der Waals surface area contributed by atoms with Gasteiger partial charge in [-0.15, -0.1) is 0 Å². The number of hydrogen-bond donors (Lipinski definition) is 0. The van der Waals surface area contributed by atoms with Crippen LogP contribution in [0.4, 0.5) is 17.1 Å². The molecule has 206 valence electrons. The van der Waals surface area contributed by atoms with Crippen molar-refractivity contribution in [1.82, 2.24) is 0 Å². The molecule has 0 unspecified atom stereocenters. The summed E-state index contributed by atoms with van der Waals surface area (Å²) < 4.78 is 5.87. The summed E-state index contributed by atoms with van der Waals surface area (Å²) in [6.45, 7) is 0.324.